The molecule has 0 heterocycles. The molecule has 0 aliphatic rings. The number of hydrogen-bond acceptors (Lipinski definition) is 15. The van der Waals surface area contributed by atoms with Gasteiger partial charge in [0.2, 0.25) is 0 Å². The monoisotopic (exact) mass is 1480 g/mol. The van der Waals surface area contributed by atoms with Crippen LogP contribution in [0.5, 0.6) is 0 Å². The molecule has 0 bridgehead atoms. The molecule has 0 spiro atoms. The van der Waals surface area contributed by atoms with Gasteiger partial charge in [0, 0.05) is 25.7 Å². The third kappa shape index (κ3) is 76.1. The van der Waals surface area contributed by atoms with Gasteiger partial charge in [0.1, 0.15) is 19.3 Å². The summed E-state index contributed by atoms with van der Waals surface area (Å²) in [7, 11) is -9.92. The first-order valence-corrected chi connectivity index (χ1v) is 45.8. The number of phosphoric acid groups is 2. The average Bonchev–Trinajstić information content (AvgIpc) is 0.991. The first kappa shape index (κ1) is 99.1. The van der Waals surface area contributed by atoms with Crippen LogP contribution in [0.2, 0.25) is 0 Å². The Hall–Kier alpha value is -1.94. The zero-order chi connectivity index (χ0) is 73.9. The fourth-order valence-electron chi connectivity index (χ4n) is 12.8. The summed E-state index contributed by atoms with van der Waals surface area (Å²) in [6, 6.07) is 0. The smallest absolute Gasteiger partial charge is 0.462 e. The fraction of sp³-hybridized carbons (Fsp3) is 0.951. The van der Waals surface area contributed by atoms with Gasteiger partial charge < -0.3 is 33.8 Å². The number of hydrogen-bond donors (Lipinski definition) is 3. The molecule has 600 valence electrons. The van der Waals surface area contributed by atoms with E-state index >= 15 is 0 Å². The van der Waals surface area contributed by atoms with Crippen LogP contribution in [-0.2, 0) is 65.4 Å². The number of ether oxygens (including phenoxy) is 4. The molecule has 19 heteroatoms. The lowest BCUT2D eigenvalue weighted by atomic mass is 10.0. The van der Waals surface area contributed by atoms with Crippen molar-refractivity contribution >= 4 is 39.5 Å². The van der Waals surface area contributed by atoms with Crippen LogP contribution < -0.4 is 0 Å². The van der Waals surface area contributed by atoms with E-state index in [1.165, 1.54) is 276 Å². The minimum atomic E-state index is -4.96. The number of carbonyl (C=O) groups excluding carboxylic acids is 4. The van der Waals surface area contributed by atoms with E-state index in [1.807, 2.05) is 0 Å². The van der Waals surface area contributed by atoms with Gasteiger partial charge in [-0.2, -0.15) is 0 Å². The van der Waals surface area contributed by atoms with Gasteiger partial charge in [-0.3, -0.25) is 37.3 Å². The van der Waals surface area contributed by atoms with Crippen LogP contribution in [0.25, 0.3) is 0 Å². The van der Waals surface area contributed by atoms with Crippen LogP contribution in [0.15, 0.2) is 0 Å². The molecule has 0 fully saturated rings. The molecule has 0 aromatic heterocycles. The number of rotatable bonds is 83. The topological polar surface area (TPSA) is 237 Å². The van der Waals surface area contributed by atoms with E-state index < -0.39 is 97.5 Å². The summed E-state index contributed by atoms with van der Waals surface area (Å²) in [4.78, 5) is 73.0. The number of aliphatic hydroxyl groups excluding tert-OH is 1. The number of phosphoric ester groups is 2. The van der Waals surface area contributed by atoms with Gasteiger partial charge in [-0.05, 0) is 25.7 Å². The van der Waals surface area contributed by atoms with Gasteiger partial charge in [0.15, 0.2) is 12.2 Å². The van der Waals surface area contributed by atoms with Crippen LogP contribution >= 0.6 is 15.6 Å². The Kier molecular flexibility index (Phi) is 74.8. The second-order valence-corrected chi connectivity index (χ2v) is 32.4. The standard InChI is InChI=1S/C82H160O17P2/c1-5-9-13-17-21-25-28-31-33-35-37-38-39-41-43-46-49-53-57-61-65-69-82(87)99-78(73-93-80(85)67-63-59-55-51-47-45-42-40-36-34-32-29-26-22-18-14-10-6-2)75-97-101(90,91)95-71-76(83)70-94-100(88,89)96-74-77(72-92-79(84)66-62-58-54-50-24-20-16-12-8-4)98-81(86)68-64-60-56-52-48-44-30-27-23-19-15-11-7-3/h76-78,83H,5-75H2,1-4H3,(H,88,89)(H,90,91)/t76-,77+,78+/m0/s1. The molecule has 0 rings (SSSR count). The van der Waals surface area contributed by atoms with E-state index in [4.69, 9.17) is 37.0 Å². The third-order valence-corrected chi connectivity index (χ3v) is 21.3. The van der Waals surface area contributed by atoms with Crippen molar-refractivity contribution in [1.29, 1.82) is 0 Å². The number of esters is 4. The average molecular weight is 1480 g/mol. The molecule has 5 atom stereocenters. The van der Waals surface area contributed by atoms with Crippen LogP contribution in [0, 0.1) is 0 Å². The highest BCUT2D eigenvalue weighted by Gasteiger charge is 2.30. The van der Waals surface area contributed by atoms with Crippen LogP contribution in [-0.4, -0.2) is 96.7 Å². The molecule has 2 unspecified atom stereocenters. The summed E-state index contributed by atoms with van der Waals surface area (Å²) < 4.78 is 68.7. The van der Waals surface area contributed by atoms with E-state index in [1.54, 1.807) is 0 Å². The molecule has 0 aliphatic carbocycles. The quantitative estimate of drug-likeness (QED) is 0.0222. The minimum Gasteiger partial charge on any atom is -0.462 e. The molecule has 3 N–H and O–H groups in total. The highest BCUT2D eigenvalue weighted by atomic mass is 31.2. The maximum atomic E-state index is 13.1. The van der Waals surface area contributed by atoms with Crippen molar-refractivity contribution in [3.63, 3.8) is 0 Å². The lowest BCUT2D eigenvalue weighted by Gasteiger charge is -2.21. The van der Waals surface area contributed by atoms with E-state index in [0.29, 0.717) is 25.7 Å². The lowest BCUT2D eigenvalue weighted by Crippen LogP contribution is -2.30. The Balaban J connectivity index is 5.19. The van der Waals surface area contributed by atoms with E-state index in [2.05, 4.69) is 27.7 Å². The second-order valence-electron chi connectivity index (χ2n) is 29.5. The molecule has 0 aromatic rings. The van der Waals surface area contributed by atoms with Gasteiger partial charge in [-0.1, -0.05) is 394 Å². The summed E-state index contributed by atoms with van der Waals surface area (Å²) in [5.41, 5.74) is 0. The summed E-state index contributed by atoms with van der Waals surface area (Å²) in [5, 5.41) is 10.6. The van der Waals surface area contributed by atoms with Crippen molar-refractivity contribution in [2.45, 2.75) is 463 Å². The van der Waals surface area contributed by atoms with Crippen LogP contribution in [0.1, 0.15) is 445 Å². The molecular formula is C82H160O17P2. The molecule has 0 aromatic carbocycles. The summed E-state index contributed by atoms with van der Waals surface area (Å²) in [5.74, 6) is -2.10. The summed E-state index contributed by atoms with van der Waals surface area (Å²) >= 11 is 0. The van der Waals surface area contributed by atoms with E-state index in [0.717, 1.165) is 89.9 Å². The Labute approximate surface area is 619 Å². The maximum absolute atomic E-state index is 13.1. The van der Waals surface area contributed by atoms with Gasteiger partial charge in [0.05, 0.1) is 26.4 Å². The third-order valence-electron chi connectivity index (χ3n) is 19.4. The number of unbranched alkanes of at least 4 members (excludes halogenated alkanes) is 57. The fourth-order valence-corrected chi connectivity index (χ4v) is 14.4. The van der Waals surface area contributed by atoms with Crippen molar-refractivity contribution in [1.82, 2.24) is 0 Å². The van der Waals surface area contributed by atoms with Crippen molar-refractivity contribution in [2.75, 3.05) is 39.6 Å². The molecule has 0 saturated heterocycles. The summed E-state index contributed by atoms with van der Waals surface area (Å²) in [6.07, 6.45) is 69.5. The molecule has 0 aliphatic heterocycles. The van der Waals surface area contributed by atoms with Gasteiger partial charge in [0.25, 0.3) is 0 Å². The van der Waals surface area contributed by atoms with Crippen molar-refractivity contribution in [3.05, 3.63) is 0 Å². The Morgan fingerprint density at radius 1 is 0.238 bits per heavy atom. The zero-order valence-corrected chi connectivity index (χ0v) is 67.7. The molecular weight excluding hydrogens is 1320 g/mol. The highest BCUT2D eigenvalue weighted by Crippen LogP contribution is 2.45. The van der Waals surface area contributed by atoms with Gasteiger partial charge in [-0.15, -0.1) is 0 Å². The SMILES string of the molecule is CCCCCCCCCCCCCCCCCCCCCCCC(=O)O[C@H](COC(=O)CCCCCCCCCCCCCCCCCCCC)COP(=O)(O)OC[C@@H](O)COP(=O)(O)OC[C@@H](COC(=O)CCCCCCCCCCC)OC(=O)CCCCCCCCCCCCCCC. The first-order valence-electron chi connectivity index (χ1n) is 42.8. The predicted molar refractivity (Wildman–Crippen MR) is 414 cm³/mol. The van der Waals surface area contributed by atoms with Crippen molar-refractivity contribution < 1.29 is 80.2 Å². The highest BCUT2D eigenvalue weighted by molar-refractivity contribution is 7.47. The number of aliphatic hydroxyl groups is 1. The largest absolute Gasteiger partial charge is 0.472 e. The Morgan fingerprint density at radius 3 is 0.584 bits per heavy atom. The van der Waals surface area contributed by atoms with E-state index in [9.17, 15) is 43.2 Å². The van der Waals surface area contributed by atoms with Crippen LogP contribution in [0.4, 0.5) is 0 Å². The second kappa shape index (κ2) is 76.3. The number of carbonyl (C=O) groups is 4. The minimum absolute atomic E-state index is 0.108. The van der Waals surface area contributed by atoms with Gasteiger partial charge >= 0.3 is 39.5 Å². The molecule has 0 saturated carbocycles. The first-order chi connectivity index (χ1) is 49.2. The van der Waals surface area contributed by atoms with Crippen molar-refractivity contribution in [2.24, 2.45) is 0 Å². The van der Waals surface area contributed by atoms with Crippen molar-refractivity contribution in [3.8, 4) is 0 Å². The summed E-state index contributed by atoms with van der Waals surface area (Å²) in [6.45, 7) is 5.01. The van der Waals surface area contributed by atoms with E-state index in [-0.39, 0.29) is 25.7 Å². The Bertz CT molecular complexity index is 1910. The molecule has 101 heavy (non-hydrogen) atoms. The van der Waals surface area contributed by atoms with Crippen LogP contribution in [0.3, 0.4) is 0 Å². The molecule has 17 nitrogen and oxygen atoms in total. The predicted octanol–water partition coefficient (Wildman–Crippen LogP) is 25.0. The zero-order valence-electron chi connectivity index (χ0n) is 65.9. The Morgan fingerprint density at radius 2 is 0.396 bits per heavy atom. The maximum Gasteiger partial charge on any atom is 0.472 e. The lowest BCUT2D eigenvalue weighted by molar-refractivity contribution is -0.161. The van der Waals surface area contributed by atoms with Gasteiger partial charge in [-0.25, -0.2) is 9.13 Å². The molecule has 0 amide bonds. The normalized spacial score (nSPS) is 13.8. The molecule has 0 radical (unpaired) electrons.